The van der Waals surface area contributed by atoms with Crippen LogP contribution in [-0.4, -0.2) is 41.3 Å². The molecule has 4 aromatic rings. The van der Waals surface area contributed by atoms with E-state index in [1.165, 1.54) is 29.7 Å². The molecule has 0 spiro atoms. The second-order valence-corrected chi connectivity index (χ2v) is 10.3. The van der Waals surface area contributed by atoms with Gasteiger partial charge in [0.2, 0.25) is 0 Å². The van der Waals surface area contributed by atoms with E-state index in [0.717, 1.165) is 25.0 Å². The number of hydrogen-bond donors (Lipinski definition) is 1. The Bertz CT molecular complexity index is 1440. The Hall–Kier alpha value is -3.66. The van der Waals surface area contributed by atoms with Gasteiger partial charge in [0.05, 0.1) is 27.3 Å². The molecule has 2 aromatic heterocycles. The minimum absolute atomic E-state index is 0.220. The summed E-state index contributed by atoms with van der Waals surface area (Å²) >= 11 is 1.27. The van der Waals surface area contributed by atoms with Crippen LogP contribution in [0.3, 0.4) is 0 Å². The van der Waals surface area contributed by atoms with Gasteiger partial charge in [-0.25, -0.2) is 4.98 Å². The number of aryl methyl sites for hydroxylation is 1. The van der Waals surface area contributed by atoms with Crippen molar-refractivity contribution >= 4 is 34.1 Å². The summed E-state index contributed by atoms with van der Waals surface area (Å²) < 4.78 is 44.4. The van der Waals surface area contributed by atoms with Crippen LogP contribution in [-0.2, 0) is 6.18 Å². The molecule has 1 N–H and O–H groups in total. The van der Waals surface area contributed by atoms with Crippen LogP contribution in [0, 0.1) is 12.8 Å². The molecule has 0 radical (unpaired) electrons. The van der Waals surface area contributed by atoms with Crippen molar-refractivity contribution in [2.45, 2.75) is 25.9 Å². The molecule has 1 fully saturated rings. The van der Waals surface area contributed by atoms with Gasteiger partial charge >= 0.3 is 6.18 Å². The number of alkyl halides is 3. The number of fused-ring (bicyclic) bond motifs is 1. The molecule has 2 amide bonds. The SMILES string of the molecule is Cc1nc(C(=O)N(CCNC(=O)c2cccc3occc23)CC2CC2)c(-c2ccc(C(F)(F)F)cc2)s1. The van der Waals surface area contributed by atoms with Crippen molar-refractivity contribution in [1.82, 2.24) is 15.2 Å². The molecule has 1 aliphatic rings. The number of aromatic nitrogens is 1. The molecule has 0 bridgehead atoms. The number of carbonyl (C=O) groups excluding carboxylic acids is 2. The van der Waals surface area contributed by atoms with Gasteiger partial charge in [0.25, 0.3) is 11.8 Å². The fourth-order valence-electron chi connectivity index (χ4n) is 4.21. The second-order valence-electron chi connectivity index (χ2n) is 9.07. The summed E-state index contributed by atoms with van der Waals surface area (Å²) in [6.45, 7) is 2.82. The molecule has 0 atom stereocenters. The first-order chi connectivity index (χ1) is 17.7. The quantitative estimate of drug-likeness (QED) is 0.298. The summed E-state index contributed by atoms with van der Waals surface area (Å²) in [6, 6.07) is 11.7. The van der Waals surface area contributed by atoms with E-state index in [4.69, 9.17) is 4.42 Å². The molecule has 5 rings (SSSR count). The molecular formula is C27H24F3N3O3S. The van der Waals surface area contributed by atoms with Crippen molar-refractivity contribution in [3.05, 3.63) is 76.6 Å². The molecular weight excluding hydrogens is 503 g/mol. The van der Waals surface area contributed by atoms with Gasteiger partial charge in [-0.3, -0.25) is 9.59 Å². The molecule has 2 aromatic carbocycles. The van der Waals surface area contributed by atoms with Crippen LogP contribution < -0.4 is 5.32 Å². The Morgan fingerprint density at radius 1 is 1.14 bits per heavy atom. The fourth-order valence-corrected chi connectivity index (χ4v) is 5.12. The van der Waals surface area contributed by atoms with Crippen LogP contribution in [0.2, 0.25) is 0 Å². The molecule has 0 unspecified atom stereocenters. The molecule has 10 heteroatoms. The zero-order chi connectivity index (χ0) is 26.2. The number of thiazole rings is 1. The minimum Gasteiger partial charge on any atom is -0.464 e. The number of nitrogens with zero attached hydrogens (tertiary/aromatic N) is 2. The molecule has 1 saturated carbocycles. The predicted octanol–water partition coefficient (Wildman–Crippen LogP) is 6.17. The largest absolute Gasteiger partial charge is 0.464 e. The van der Waals surface area contributed by atoms with Gasteiger partial charge in [-0.1, -0.05) is 18.2 Å². The lowest BCUT2D eigenvalue weighted by atomic mass is 10.1. The summed E-state index contributed by atoms with van der Waals surface area (Å²) in [6.07, 6.45) is -0.849. The third-order valence-electron chi connectivity index (χ3n) is 6.28. The Morgan fingerprint density at radius 3 is 2.59 bits per heavy atom. The molecule has 0 aliphatic heterocycles. The average Bonchev–Trinajstić information content (AvgIpc) is 3.40. The highest BCUT2D eigenvalue weighted by molar-refractivity contribution is 7.15. The minimum atomic E-state index is -4.44. The number of rotatable bonds is 8. The smallest absolute Gasteiger partial charge is 0.416 e. The van der Waals surface area contributed by atoms with Crippen LogP contribution in [0.15, 0.2) is 59.2 Å². The van der Waals surface area contributed by atoms with E-state index in [2.05, 4.69) is 10.3 Å². The summed E-state index contributed by atoms with van der Waals surface area (Å²) in [4.78, 5) is 33.0. The highest BCUT2D eigenvalue weighted by Crippen LogP contribution is 2.35. The molecule has 1 aliphatic carbocycles. The van der Waals surface area contributed by atoms with Crippen LogP contribution >= 0.6 is 11.3 Å². The Kier molecular flexibility index (Phi) is 6.76. The van der Waals surface area contributed by atoms with Gasteiger partial charge in [0.15, 0.2) is 0 Å². The van der Waals surface area contributed by atoms with Crippen molar-refractivity contribution in [2.24, 2.45) is 5.92 Å². The van der Waals surface area contributed by atoms with Gasteiger partial charge in [-0.15, -0.1) is 11.3 Å². The summed E-state index contributed by atoms with van der Waals surface area (Å²) in [5.74, 6) is -0.160. The van der Waals surface area contributed by atoms with E-state index in [1.54, 1.807) is 36.1 Å². The topological polar surface area (TPSA) is 75.4 Å². The summed E-state index contributed by atoms with van der Waals surface area (Å²) in [5, 5.41) is 4.24. The van der Waals surface area contributed by atoms with E-state index in [-0.39, 0.29) is 30.6 Å². The normalized spacial score (nSPS) is 13.6. The van der Waals surface area contributed by atoms with Gasteiger partial charge < -0.3 is 14.6 Å². The number of furan rings is 1. The number of halogens is 3. The number of nitrogens with one attached hydrogen (secondary N) is 1. The molecule has 192 valence electrons. The molecule has 37 heavy (non-hydrogen) atoms. The fraction of sp³-hybridized carbons (Fsp3) is 0.296. The van der Waals surface area contributed by atoms with Crippen LogP contribution in [0.5, 0.6) is 0 Å². The van der Waals surface area contributed by atoms with E-state index in [9.17, 15) is 22.8 Å². The van der Waals surface area contributed by atoms with Crippen molar-refractivity contribution in [3.8, 4) is 10.4 Å². The first kappa shape index (κ1) is 25.0. The third kappa shape index (κ3) is 5.53. The van der Waals surface area contributed by atoms with Crippen molar-refractivity contribution in [2.75, 3.05) is 19.6 Å². The van der Waals surface area contributed by atoms with Crippen molar-refractivity contribution in [1.29, 1.82) is 0 Å². The lowest BCUT2D eigenvalue weighted by Gasteiger charge is -2.22. The lowest BCUT2D eigenvalue weighted by Crippen LogP contribution is -2.40. The van der Waals surface area contributed by atoms with E-state index < -0.39 is 11.7 Å². The van der Waals surface area contributed by atoms with Crippen LogP contribution in [0.4, 0.5) is 13.2 Å². The zero-order valence-electron chi connectivity index (χ0n) is 20.0. The Labute approximate surface area is 215 Å². The first-order valence-corrected chi connectivity index (χ1v) is 12.7. The number of hydrogen-bond acceptors (Lipinski definition) is 5. The molecule has 0 saturated heterocycles. The van der Waals surface area contributed by atoms with Crippen molar-refractivity contribution < 1.29 is 27.2 Å². The molecule has 6 nitrogen and oxygen atoms in total. The van der Waals surface area contributed by atoms with Gasteiger partial charge in [-0.05, 0) is 61.6 Å². The van der Waals surface area contributed by atoms with E-state index >= 15 is 0 Å². The van der Waals surface area contributed by atoms with Gasteiger partial charge in [0, 0.05) is 25.0 Å². The highest BCUT2D eigenvalue weighted by Gasteiger charge is 2.32. The second kappa shape index (κ2) is 10.0. The maximum Gasteiger partial charge on any atom is 0.416 e. The summed E-state index contributed by atoms with van der Waals surface area (Å²) in [7, 11) is 0. The number of carbonyl (C=O) groups is 2. The van der Waals surface area contributed by atoms with E-state index in [0.29, 0.717) is 44.4 Å². The average molecular weight is 528 g/mol. The highest BCUT2D eigenvalue weighted by atomic mass is 32.1. The molecule has 2 heterocycles. The van der Waals surface area contributed by atoms with Crippen LogP contribution in [0.25, 0.3) is 21.4 Å². The standard InChI is InChI=1S/C27H24F3N3O3S/c1-16-32-23(24(37-16)18-7-9-19(10-8-18)27(28,29)30)26(35)33(15-17-5-6-17)13-12-31-25(34)21-3-2-4-22-20(21)11-14-36-22/h2-4,7-11,14,17H,5-6,12-13,15H2,1H3,(H,31,34). The van der Waals surface area contributed by atoms with Crippen LogP contribution in [0.1, 0.15) is 44.3 Å². The monoisotopic (exact) mass is 527 g/mol. The number of benzene rings is 2. The van der Waals surface area contributed by atoms with E-state index in [1.807, 2.05) is 0 Å². The van der Waals surface area contributed by atoms with Gasteiger partial charge in [-0.2, -0.15) is 13.2 Å². The third-order valence-corrected chi connectivity index (χ3v) is 7.30. The van der Waals surface area contributed by atoms with Gasteiger partial charge in [0.1, 0.15) is 11.3 Å². The van der Waals surface area contributed by atoms with Crippen molar-refractivity contribution in [3.63, 3.8) is 0 Å². The maximum absolute atomic E-state index is 13.6. The lowest BCUT2D eigenvalue weighted by molar-refractivity contribution is -0.137. The summed E-state index contributed by atoms with van der Waals surface area (Å²) in [5.41, 5.74) is 1.09. The number of amides is 2. The Balaban J connectivity index is 1.32. The predicted molar refractivity (Wildman–Crippen MR) is 134 cm³/mol. The first-order valence-electron chi connectivity index (χ1n) is 11.9. The maximum atomic E-state index is 13.6. The zero-order valence-corrected chi connectivity index (χ0v) is 20.8. The Morgan fingerprint density at radius 2 is 1.89 bits per heavy atom.